The SMILES string of the molecule is O=C([O-])CC[C@H](NC(=O)CCCC1CCCC1)C(=O)[O-]. The fourth-order valence-electron chi connectivity index (χ4n) is 2.63. The van der Waals surface area contributed by atoms with Gasteiger partial charge in [-0.2, -0.15) is 0 Å². The Morgan fingerprint density at radius 1 is 1.10 bits per heavy atom. The van der Waals surface area contributed by atoms with Gasteiger partial charge in [0.05, 0.1) is 12.0 Å². The summed E-state index contributed by atoms with van der Waals surface area (Å²) in [6, 6.07) is -1.26. The second-order valence-electron chi connectivity index (χ2n) is 5.39. The summed E-state index contributed by atoms with van der Waals surface area (Å²) >= 11 is 0. The molecule has 1 amide bonds. The van der Waals surface area contributed by atoms with Crippen LogP contribution in [0.5, 0.6) is 0 Å². The van der Waals surface area contributed by atoms with Gasteiger partial charge in [0.25, 0.3) is 0 Å². The molecule has 1 saturated carbocycles. The Balaban J connectivity index is 2.22. The summed E-state index contributed by atoms with van der Waals surface area (Å²) in [5.41, 5.74) is 0. The maximum absolute atomic E-state index is 11.6. The first-order chi connectivity index (χ1) is 9.49. The van der Waals surface area contributed by atoms with E-state index in [1.54, 1.807) is 0 Å². The van der Waals surface area contributed by atoms with Crippen LogP contribution in [0.4, 0.5) is 0 Å². The van der Waals surface area contributed by atoms with E-state index in [4.69, 9.17) is 0 Å². The molecule has 0 aromatic carbocycles. The molecule has 0 aromatic heterocycles. The topological polar surface area (TPSA) is 109 Å². The van der Waals surface area contributed by atoms with Crippen molar-refractivity contribution < 1.29 is 24.6 Å². The lowest BCUT2D eigenvalue weighted by atomic mass is 10.0. The van der Waals surface area contributed by atoms with Crippen molar-refractivity contribution in [1.29, 1.82) is 0 Å². The minimum absolute atomic E-state index is 0.209. The van der Waals surface area contributed by atoms with Crippen molar-refractivity contribution in [3.05, 3.63) is 0 Å². The first-order valence-corrected chi connectivity index (χ1v) is 7.19. The lowest BCUT2D eigenvalue weighted by Crippen LogP contribution is -2.48. The molecule has 0 heterocycles. The predicted octanol–water partition coefficient (Wildman–Crippen LogP) is -0.888. The van der Waals surface area contributed by atoms with E-state index in [0.717, 1.165) is 12.8 Å². The number of hydrogen-bond acceptors (Lipinski definition) is 5. The number of nitrogens with one attached hydrogen (secondary N) is 1. The van der Waals surface area contributed by atoms with Crippen molar-refractivity contribution in [2.75, 3.05) is 0 Å². The van der Waals surface area contributed by atoms with Crippen LogP contribution < -0.4 is 15.5 Å². The van der Waals surface area contributed by atoms with Gasteiger partial charge in [-0.1, -0.05) is 25.7 Å². The Bertz CT molecular complexity index is 349. The van der Waals surface area contributed by atoms with E-state index in [1.165, 1.54) is 25.7 Å². The number of amides is 1. The second kappa shape index (κ2) is 8.55. The quantitative estimate of drug-likeness (QED) is 0.590. The summed E-state index contributed by atoms with van der Waals surface area (Å²) in [5, 5.41) is 23.4. The van der Waals surface area contributed by atoms with Crippen molar-refractivity contribution in [1.82, 2.24) is 5.32 Å². The second-order valence-corrected chi connectivity index (χ2v) is 5.39. The number of aliphatic carboxylic acids is 2. The first-order valence-electron chi connectivity index (χ1n) is 7.19. The van der Waals surface area contributed by atoms with E-state index in [1.807, 2.05) is 0 Å². The van der Waals surface area contributed by atoms with Crippen LogP contribution in [0.15, 0.2) is 0 Å². The van der Waals surface area contributed by atoms with Crippen LogP contribution in [0.1, 0.15) is 57.8 Å². The Hall–Kier alpha value is -1.59. The first kappa shape index (κ1) is 16.5. The maximum atomic E-state index is 11.6. The fraction of sp³-hybridized carbons (Fsp3) is 0.786. The van der Waals surface area contributed by atoms with E-state index in [-0.39, 0.29) is 18.7 Å². The Morgan fingerprint density at radius 3 is 2.30 bits per heavy atom. The molecule has 1 aliphatic carbocycles. The molecule has 0 saturated heterocycles. The van der Waals surface area contributed by atoms with Gasteiger partial charge >= 0.3 is 0 Å². The average molecular weight is 283 g/mol. The summed E-state index contributed by atoms with van der Waals surface area (Å²) in [4.78, 5) is 32.7. The van der Waals surface area contributed by atoms with Gasteiger partial charge in [0.1, 0.15) is 0 Å². The molecule has 114 valence electrons. The minimum atomic E-state index is -1.46. The van der Waals surface area contributed by atoms with Crippen LogP contribution in [0.25, 0.3) is 0 Å². The molecule has 1 rings (SSSR count). The molecule has 1 atom stereocenters. The number of carboxylic acids is 2. The van der Waals surface area contributed by atoms with E-state index in [2.05, 4.69) is 5.32 Å². The van der Waals surface area contributed by atoms with E-state index in [9.17, 15) is 24.6 Å². The highest BCUT2D eigenvalue weighted by atomic mass is 16.4. The Morgan fingerprint density at radius 2 is 1.75 bits per heavy atom. The molecular formula is C14H21NO5-2. The van der Waals surface area contributed by atoms with Crippen LogP contribution >= 0.6 is 0 Å². The predicted molar refractivity (Wildman–Crippen MR) is 67.0 cm³/mol. The van der Waals surface area contributed by atoms with Gasteiger partial charge < -0.3 is 25.1 Å². The number of carbonyl (C=O) groups is 3. The van der Waals surface area contributed by atoms with Crippen molar-refractivity contribution in [3.8, 4) is 0 Å². The normalized spacial score (nSPS) is 16.8. The van der Waals surface area contributed by atoms with Crippen LogP contribution in [-0.4, -0.2) is 23.9 Å². The molecule has 6 nitrogen and oxygen atoms in total. The lowest BCUT2D eigenvalue weighted by molar-refractivity contribution is -0.310. The zero-order valence-corrected chi connectivity index (χ0v) is 11.6. The molecular weight excluding hydrogens is 262 g/mol. The van der Waals surface area contributed by atoms with Gasteiger partial charge in [0.15, 0.2) is 0 Å². The van der Waals surface area contributed by atoms with Crippen LogP contribution in [-0.2, 0) is 14.4 Å². The molecule has 0 aromatic rings. The smallest absolute Gasteiger partial charge is 0.220 e. The van der Waals surface area contributed by atoms with E-state index < -0.39 is 24.4 Å². The number of hydrogen-bond donors (Lipinski definition) is 1. The summed E-state index contributed by atoms with van der Waals surface area (Å²) in [6.07, 6.45) is 6.31. The molecule has 0 radical (unpaired) electrons. The third-order valence-corrected chi connectivity index (χ3v) is 3.75. The van der Waals surface area contributed by atoms with Crippen molar-refractivity contribution in [2.24, 2.45) is 5.92 Å². The van der Waals surface area contributed by atoms with Gasteiger partial charge in [-0.15, -0.1) is 0 Å². The minimum Gasteiger partial charge on any atom is -0.550 e. The average Bonchev–Trinajstić information content (AvgIpc) is 2.87. The molecule has 1 aliphatic rings. The molecule has 0 spiro atoms. The molecule has 20 heavy (non-hydrogen) atoms. The number of rotatable bonds is 9. The third kappa shape index (κ3) is 6.54. The van der Waals surface area contributed by atoms with Crippen molar-refractivity contribution in [3.63, 3.8) is 0 Å². The monoisotopic (exact) mass is 283 g/mol. The zero-order valence-electron chi connectivity index (χ0n) is 11.6. The Kier molecular flexibility index (Phi) is 7.04. The fourth-order valence-corrected chi connectivity index (χ4v) is 2.63. The van der Waals surface area contributed by atoms with Crippen molar-refractivity contribution >= 4 is 17.8 Å². The maximum Gasteiger partial charge on any atom is 0.220 e. The standard InChI is InChI=1S/C14H23NO5/c16-12(7-3-6-10-4-1-2-5-10)15-11(14(19)20)8-9-13(17)18/h10-11H,1-9H2,(H,15,16)(H,17,18)(H,19,20)/p-2/t11-/m0/s1. The van der Waals surface area contributed by atoms with Crippen molar-refractivity contribution in [2.45, 2.75) is 63.8 Å². The summed E-state index contributed by atoms with van der Waals surface area (Å²) in [5.74, 6) is -2.48. The summed E-state index contributed by atoms with van der Waals surface area (Å²) < 4.78 is 0. The third-order valence-electron chi connectivity index (χ3n) is 3.75. The molecule has 1 N–H and O–H groups in total. The molecule has 0 bridgehead atoms. The molecule has 6 heteroatoms. The summed E-state index contributed by atoms with van der Waals surface area (Å²) in [6.45, 7) is 0. The van der Waals surface area contributed by atoms with E-state index >= 15 is 0 Å². The van der Waals surface area contributed by atoms with Gasteiger partial charge in [0, 0.05) is 12.4 Å². The number of carboxylic acid groups (broad SMARTS) is 2. The van der Waals surface area contributed by atoms with E-state index in [0.29, 0.717) is 5.92 Å². The van der Waals surface area contributed by atoms with Crippen LogP contribution in [0.2, 0.25) is 0 Å². The lowest BCUT2D eigenvalue weighted by Gasteiger charge is -2.20. The van der Waals surface area contributed by atoms with Gasteiger partial charge in [-0.3, -0.25) is 4.79 Å². The largest absolute Gasteiger partial charge is 0.550 e. The summed E-state index contributed by atoms with van der Waals surface area (Å²) in [7, 11) is 0. The van der Waals surface area contributed by atoms with Crippen LogP contribution in [0.3, 0.4) is 0 Å². The highest BCUT2D eigenvalue weighted by Crippen LogP contribution is 2.28. The highest BCUT2D eigenvalue weighted by Gasteiger charge is 2.16. The van der Waals surface area contributed by atoms with Crippen LogP contribution in [0, 0.1) is 5.92 Å². The zero-order chi connectivity index (χ0) is 15.0. The molecule has 1 fully saturated rings. The molecule has 0 aliphatic heterocycles. The van der Waals surface area contributed by atoms with Gasteiger partial charge in [0.2, 0.25) is 5.91 Å². The Labute approximate surface area is 118 Å². The molecule has 0 unspecified atom stereocenters. The highest BCUT2D eigenvalue weighted by molar-refractivity contribution is 5.83. The number of carbonyl (C=O) groups excluding carboxylic acids is 3. The van der Waals surface area contributed by atoms with Gasteiger partial charge in [-0.25, -0.2) is 0 Å². The van der Waals surface area contributed by atoms with Gasteiger partial charge in [-0.05, 0) is 31.6 Å².